The smallest absolute Gasteiger partial charge is 0.271 e. The van der Waals surface area contributed by atoms with E-state index in [9.17, 15) is 4.79 Å². The van der Waals surface area contributed by atoms with Crippen LogP contribution in [-0.4, -0.2) is 42.2 Å². The van der Waals surface area contributed by atoms with Gasteiger partial charge < -0.3 is 15.4 Å². The third-order valence-corrected chi connectivity index (χ3v) is 3.05. The van der Waals surface area contributed by atoms with Gasteiger partial charge in [-0.2, -0.15) is 0 Å². The number of carbonyl (C=O) groups is 1. The van der Waals surface area contributed by atoms with Gasteiger partial charge in [0.05, 0.1) is 19.0 Å². The van der Waals surface area contributed by atoms with Crippen LogP contribution in [0.2, 0.25) is 0 Å². The van der Waals surface area contributed by atoms with E-state index in [0.29, 0.717) is 24.0 Å². The second kappa shape index (κ2) is 7.04. The van der Waals surface area contributed by atoms with Crippen LogP contribution in [0.1, 0.15) is 30.3 Å². The molecule has 0 radical (unpaired) electrons. The minimum atomic E-state index is -0.180. The Hall–Kier alpha value is -1.69. The molecule has 0 bridgehead atoms. The zero-order valence-corrected chi connectivity index (χ0v) is 11.2. The van der Waals surface area contributed by atoms with E-state index in [0.717, 1.165) is 32.6 Å². The number of rotatable bonds is 5. The van der Waals surface area contributed by atoms with Crippen LogP contribution in [0.5, 0.6) is 0 Å². The average Bonchev–Trinajstić information content (AvgIpc) is 2.47. The highest BCUT2D eigenvalue weighted by Crippen LogP contribution is 2.12. The number of hydrogen-bond acceptors (Lipinski definition) is 5. The van der Waals surface area contributed by atoms with E-state index in [2.05, 4.69) is 20.6 Å². The van der Waals surface area contributed by atoms with E-state index in [1.165, 1.54) is 6.20 Å². The summed E-state index contributed by atoms with van der Waals surface area (Å²) in [6, 6.07) is 0. The minimum Gasteiger partial charge on any atom is -0.381 e. The summed E-state index contributed by atoms with van der Waals surface area (Å²) in [6.07, 6.45) is 5.23. The zero-order valence-electron chi connectivity index (χ0n) is 11.2. The van der Waals surface area contributed by atoms with Crippen LogP contribution < -0.4 is 10.6 Å². The average molecular weight is 264 g/mol. The third kappa shape index (κ3) is 4.17. The maximum absolute atomic E-state index is 11.9. The molecule has 6 nitrogen and oxygen atoms in total. The Balaban J connectivity index is 1.81. The fraction of sp³-hybridized carbons (Fsp3) is 0.615. The van der Waals surface area contributed by atoms with E-state index in [1.54, 1.807) is 6.20 Å². The molecule has 19 heavy (non-hydrogen) atoms. The molecule has 2 rings (SSSR count). The molecule has 0 saturated carbocycles. The maximum Gasteiger partial charge on any atom is 0.271 e. The Labute approximate surface area is 113 Å². The first-order chi connectivity index (χ1) is 9.29. The molecule has 0 aliphatic carbocycles. The van der Waals surface area contributed by atoms with E-state index in [4.69, 9.17) is 4.74 Å². The van der Waals surface area contributed by atoms with Gasteiger partial charge in [0, 0.05) is 19.7 Å². The van der Waals surface area contributed by atoms with Crippen molar-refractivity contribution in [2.75, 3.05) is 31.6 Å². The second-order valence-corrected chi connectivity index (χ2v) is 4.61. The topological polar surface area (TPSA) is 76.1 Å². The van der Waals surface area contributed by atoms with Crippen molar-refractivity contribution in [3.05, 3.63) is 18.1 Å². The van der Waals surface area contributed by atoms with Crippen molar-refractivity contribution in [2.45, 2.75) is 19.8 Å². The fourth-order valence-electron chi connectivity index (χ4n) is 2.01. The highest BCUT2D eigenvalue weighted by Gasteiger charge is 2.15. The van der Waals surface area contributed by atoms with Gasteiger partial charge in [0.25, 0.3) is 5.91 Å². The molecular weight excluding hydrogens is 244 g/mol. The largest absolute Gasteiger partial charge is 0.381 e. The van der Waals surface area contributed by atoms with Gasteiger partial charge >= 0.3 is 0 Å². The number of ether oxygens (including phenoxy) is 1. The van der Waals surface area contributed by atoms with Crippen LogP contribution in [0.4, 0.5) is 5.82 Å². The van der Waals surface area contributed by atoms with Crippen molar-refractivity contribution < 1.29 is 9.53 Å². The number of nitrogens with zero attached hydrogens (tertiary/aromatic N) is 2. The van der Waals surface area contributed by atoms with Crippen LogP contribution in [0.25, 0.3) is 0 Å². The molecule has 6 heteroatoms. The van der Waals surface area contributed by atoms with Crippen molar-refractivity contribution in [3.63, 3.8) is 0 Å². The summed E-state index contributed by atoms with van der Waals surface area (Å²) in [4.78, 5) is 20.1. The molecule has 1 fully saturated rings. The molecule has 0 spiro atoms. The Morgan fingerprint density at radius 2 is 2.37 bits per heavy atom. The van der Waals surface area contributed by atoms with Gasteiger partial charge in [-0.15, -0.1) is 0 Å². The standard InChI is InChI=1S/C13H20N4O2/c1-2-14-12-8-15-11(7-16-12)13(18)17-6-10-4-3-5-19-9-10/h7-8,10H,2-6,9H2,1H3,(H,14,16)(H,17,18). The highest BCUT2D eigenvalue weighted by molar-refractivity contribution is 5.91. The molecule has 1 aromatic heterocycles. The molecule has 1 aliphatic heterocycles. The number of carbonyl (C=O) groups excluding carboxylic acids is 1. The lowest BCUT2D eigenvalue weighted by Crippen LogP contribution is -2.33. The number of hydrogen-bond donors (Lipinski definition) is 2. The molecule has 1 amide bonds. The third-order valence-electron chi connectivity index (χ3n) is 3.05. The van der Waals surface area contributed by atoms with Crippen molar-refractivity contribution in [1.82, 2.24) is 15.3 Å². The van der Waals surface area contributed by atoms with Crippen molar-refractivity contribution in [2.24, 2.45) is 5.92 Å². The van der Waals surface area contributed by atoms with Gasteiger partial charge in [-0.1, -0.05) is 0 Å². The van der Waals surface area contributed by atoms with E-state index >= 15 is 0 Å². The van der Waals surface area contributed by atoms with Gasteiger partial charge in [0.1, 0.15) is 11.5 Å². The minimum absolute atomic E-state index is 0.180. The number of nitrogens with one attached hydrogen (secondary N) is 2. The van der Waals surface area contributed by atoms with Crippen LogP contribution in [0.15, 0.2) is 12.4 Å². The number of amides is 1. The van der Waals surface area contributed by atoms with E-state index < -0.39 is 0 Å². The predicted molar refractivity (Wildman–Crippen MR) is 72.1 cm³/mol. The summed E-state index contributed by atoms with van der Waals surface area (Å²) in [7, 11) is 0. The van der Waals surface area contributed by atoms with Gasteiger partial charge in [-0.05, 0) is 25.7 Å². The second-order valence-electron chi connectivity index (χ2n) is 4.61. The van der Waals surface area contributed by atoms with Crippen molar-refractivity contribution in [1.29, 1.82) is 0 Å². The first-order valence-corrected chi connectivity index (χ1v) is 6.71. The van der Waals surface area contributed by atoms with Crippen molar-refractivity contribution >= 4 is 11.7 Å². The molecule has 2 N–H and O–H groups in total. The summed E-state index contributed by atoms with van der Waals surface area (Å²) in [5, 5.41) is 5.91. The Kier molecular flexibility index (Phi) is 5.09. The molecule has 1 saturated heterocycles. The maximum atomic E-state index is 11.9. The predicted octanol–water partition coefficient (Wildman–Crippen LogP) is 1.06. The molecule has 2 heterocycles. The lowest BCUT2D eigenvalue weighted by molar-refractivity contribution is 0.0535. The van der Waals surface area contributed by atoms with Crippen LogP contribution in [-0.2, 0) is 4.74 Å². The first-order valence-electron chi connectivity index (χ1n) is 6.71. The molecule has 1 aromatic rings. The molecule has 1 unspecified atom stereocenters. The SMILES string of the molecule is CCNc1cnc(C(=O)NCC2CCCOC2)cn1. The lowest BCUT2D eigenvalue weighted by atomic mass is 10.0. The van der Waals surface area contributed by atoms with Crippen LogP contribution in [0, 0.1) is 5.92 Å². The van der Waals surface area contributed by atoms with E-state index in [-0.39, 0.29) is 5.91 Å². The summed E-state index contributed by atoms with van der Waals surface area (Å²) in [5.41, 5.74) is 0.346. The van der Waals surface area contributed by atoms with Crippen LogP contribution >= 0.6 is 0 Å². The van der Waals surface area contributed by atoms with Gasteiger partial charge in [-0.25, -0.2) is 9.97 Å². The Morgan fingerprint density at radius 3 is 3.00 bits per heavy atom. The van der Waals surface area contributed by atoms with E-state index in [1.807, 2.05) is 6.92 Å². The summed E-state index contributed by atoms with van der Waals surface area (Å²) >= 11 is 0. The summed E-state index contributed by atoms with van der Waals surface area (Å²) in [6.45, 7) is 4.96. The number of anilines is 1. The molecule has 104 valence electrons. The zero-order chi connectivity index (χ0) is 13.5. The van der Waals surface area contributed by atoms with Gasteiger partial charge in [0.15, 0.2) is 0 Å². The normalized spacial score (nSPS) is 18.9. The summed E-state index contributed by atoms with van der Waals surface area (Å²) < 4.78 is 5.38. The fourth-order valence-corrected chi connectivity index (χ4v) is 2.01. The Bertz CT molecular complexity index is 402. The highest BCUT2D eigenvalue weighted by atomic mass is 16.5. The molecular formula is C13H20N4O2. The monoisotopic (exact) mass is 264 g/mol. The molecule has 1 atom stereocenters. The van der Waals surface area contributed by atoms with Crippen molar-refractivity contribution in [3.8, 4) is 0 Å². The lowest BCUT2D eigenvalue weighted by Gasteiger charge is -2.22. The van der Waals surface area contributed by atoms with Gasteiger partial charge in [0.2, 0.25) is 0 Å². The molecule has 0 aromatic carbocycles. The molecule has 1 aliphatic rings. The number of aromatic nitrogens is 2. The first kappa shape index (κ1) is 13.7. The quantitative estimate of drug-likeness (QED) is 0.831. The Morgan fingerprint density at radius 1 is 1.47 bits per heavy atom. The van der Waals surface area contributed by atoms with Crippen LogP contribution in [0.3, 0.4) is 0 Å². The summed E-state index contributed by atoms with van der Waals surface area (Å²) in [5.74, 6) is 0.910. The van der Waals surface area contributed by atoms with Gasteiger partial charge in [-0.3, -0.25) is 4.79 Å².